The maximum atomic E-state index is 12.0. The van der Waals surface area contributed by atoms with Gasteiger partial charge in [-0.3, -0.25) is 9.48 Å². The van der Waals surface area contributed by atoms with Crippen molar-refractivity contribution in [1.82, 2.24) is 30.0 Å². The number of benzene rings is 4. The molecule has 1 fully saturated rings. The highest BCUT2D eigenvalue weighted by Crippen LogP contribution is 2.34. The van der Waals surface area contributed by atoms with E-state index < -0.39 is 11.7 Å². The molecule has 7 rings (SSSR count). The van der Waals surface area contributed by atoms with E-state index >= 15 is 0 Å². The average Bonchev–Trinajstić information content (AvgIpc) is 3.66. The van der Waals surface area contributed by atoms with Crippen LogP contribution in [0, 0.1) is 5.92 Å². The lowest BCUT2D eigenvalue weighted by molar-refractivity contribution is 0.114. The van der Waals surface area contributed by atoms with Crippen molar-refractivity contribution in [2.75, 3.05) is 32.7 Å². The number of rotatable bonds is 14. The number of piperidine rings is 1. The highest BCUT2D eigenvalue weighted by atomic mass is 16.3. The normalized spacial score (nSPS) is 14.9. The quantitative estimate of drug-likeness (QED) is 0.101. The number of aromatic nitrogens is 4. The molecule has 0 saturated carbocycles. The van der Waals surface area contributed by atoms with Crippen molar-refractivity contribution in [2.45, 2.75) is 43.9 Å². The standard InChI is InChI=1S/C42H46N6O4/c49-37-17-15-35(36-16-18-39(51)45-40(36)37)38(50)27-43-23-19-30-11-13-31(14-12-30)20-24-47-25-21-32(22-26-47)28-48-29-44-41(46-48)42(52,33-7-3-1-4-8-33)34-9-5-2-6-10-34/h1-18,29,32,38,43,49-50,52H,19-28H2,(H,45,51). The van der Waals surface area contributed by atoms with Gasteiger partial charge in [0.2, 0.25) is 5.56 Å². The molecule has 0 aliphatic carbocycles. The smallest absolute Gasteiger partial charge is 0.248 e. The zero-order valence-electron chi connectivity index (χ0n) is 29.2. The number of aromatic hydroxyl groups is 1. The maximum absolute atomic E-state index is 12.0. The Balaban J connectivity index is 0.842. The number of aliphatic hydroxyl groups is 2. The number of hydrogen-bond donors (Lipinski definition) is 5. The van der Waals surface area contributed by atoms with Crippen molar-refractivity contribution in [3.8, 4) is 5.75 Å². The van der Waals surface area contributed by atoms with Crippen LogP contribution in [-0.2, 0) is 25.0 Å². The zero-order chi connectivity index (χ0) is 35.9. The fourth-order valence-electron chi connectivity index (χ4n) is 7.28. The first kappa shape index (κ1) is 35.3. The lowest BCUT2D eigenvalue weighted by atomic mass is 9.86. The number of fused-ring (bicyclic) bond motifs is 1. The van der Waals surface area contributed by atoms with Gasteiger partial charge in [-0.05, 0) is 91.2 Å². The van der Waals surface area contributed by atoms with Gasteiger partial charge in [0.1, 0.15) is 12.1 Å². The van der Waals surface area contributed by atoms with E-state index in [-0.39, 0.29) is 11.3 Å². The van der Waals surface area contributed by atoms with Crippen molar-refractivity contribution in [3.63, 3.8) is 0 Å². The van der Waals surface area contributed by atoms with Crippen molar-refractivity contribution in [2.24, 2.45) is 5.92 Å². The van der Waals surface area contributed by atoms with Crippen LogP contribution in [0.4, 0.5) is 0 Å². The van der Waals surface area contributed by atoms with Crippen LogP contribution in [0.2, 0.25) is 0 Å². The second-order valence-electron chi connectivity index (χ2n) is 13.8. The topological polar surface area (TPSA) is 140 Å². The Morgan fingerprint density at radius 3 is 2.17 bits per heavy atom. The van der Waals surface area contributed by atoms with Gasteiger partial charge in [0, 0.05) is 31.1 Å². The lowest BCUT2D eigenvalue weighted by Crippen LogP contribution is -2.36. The first-order valence-electron chi connectivity index (χ1n) is 18.1. The summed E-state index contributed by atoms with van der Waals surface area (Å²) in [5.74, 6) is 0.883. The summed E-state index contributed by atoms with van der Waals surface area (Å²) in [6.45, 7) is 5.00. The molecule has 0 bridgehead atoms. The predicted molar refractivity (Wildman–Crippen MR) is 202 cm³/mol. The first-order chi connectivity index (χ1) is 25.4. The molecular weight excluding hydrogens is 652 g/mol. The molecule has 1 atom stereocenters. The van der Waals surface area contributed by atoms with Gasteiger partial charge in [-0.25, -0.2) is 4.98 Å². The van der Waals surface area contributed by atoms with Gasteiger partial charge in [-0.15, -0.1) is 0 Å². The molecule has 268 valence electrons. The van der Waals surface area contributed by atoms with E-state index in [9.17, 15) is 20.1 Å². The summed E-state index contributed by atoms with van der Waals surface area (Å²) in [6, 6.07) is 34.3. The number of hydrogen-bond acceptors (Lipinski definition) is 8. The number of nitrogens with one attached hydrogen (secondary N) is 2. The number of aliphatic hydroxyl groups excluding tert-OH is 1. The third kappa shape index (κ3) is 8.00. The molecule has 52 heavy (non-hydrogen) atoms. The van der Waals surface area contributed by atoms with Gasteiger partial charge in [-0.2, -0.15) is 5.10 Å². The van der Waals surface area contributed by atoms with Gasteiger partial charge in [0.05, 0.1) is 11.6 Å². The van der Waals surface area contributed by atoms with Gasteiger partial charge in [0.25, 0.3) is 0 Å². The first-order valence-corrected chi connectivity index (χ1v) is 18.1. The molecule has 0 spiro atoms. The molecule has 10 heteroatoms. The third-order valence-electron chi connectivity index (χ3n) is 10.3. The Morgan fingerprint density at radius 1 is 0.846 bits per heavy atom. The van der Waals surface area contributed by atoms with Gasteiger partial charge < -0.3 is 30.5 Å². The predicted octanol–water partition coefficient (Wildman–Crippen LogP) is 4.93. The Hall–Kier alpha value is -5.13. The molecule has 1 saturated heterocycles. The minimum absolute atomic E-state index is 0.0158. The average molecular weight is 699 g/mol. The molecule has 1 aliphatic rings. The Labute approximate surface area is 303 Å². The molecule has 1 unspecified atom stereocenters. The van der Waals surface area contributed by atoms with Crippen LogP contribution < -0.4 is 10.9 Å². The fraction of sp³-hybridized carbons (Fsp3) is 0.310. The summed E-state index contributed by atoms with van der Waals surface area (Å²) in [5, 5.41) is 41.7. The van der Waals surface area contributed by atoms with E-state index in [0.717, 1.165) is 69.5 Å². The van der Waals surface area contributed by atoms with Crippen LogP contribution in [0.5, 0.6) is 5.75 Å². The van der Waals surface area contributed by atoms with Crippen LogP contribution in [-0.4, -0.2) is 72.7 Å². The van der Waals surface area contributed by atoms with Crippen molar-refractivity contribution >= 4 is 10.9 Å². The molecule has 3 heterocycles. The largest absolute Gasteiger partial charge is 0.506 e. The summed E-state index contributed by atoms with van der Waals surface area (Å²) in [5.41, 5.74) is 3.32. The van der Waals surface area contributed by atoms with Crippen LogP contribution in [0.1, 0.15) is 52.6 Å². The summed E-state index contributed by atoms with van der Waals surface area (Å²) >= 11 is 0. The highest BCUT2D eigenvalue weighted by Gasteiger charge is 2.38. The van der Waals surface area contributed by atoms with Gasteiger partial charge >= 0.3 is 0 Å². The van der Waals surface area contributed by atoms with E-state index in [4.69, 9.17) is 5.10 Å². The number of phenolic OH excluding ortho intramolecular Hbond substituents is 1. The molecule has 0 amide bonds. The zero-order valence-corrected chi connectivity index (χ0v) is 29.2. The fourth-order valence-corrected chi connectivity index (χ4v) is 7.28. The summed E-state index contributed by atoms with van der Waals surface area (Å²) in [4.78, 5) is 21.5. The molecule has 10 nitrogen and oxygen atoms in total. The van der Waals surface area contributed by atoms with Gasteiger partial charge in [-0.1, -0.05) is 91.0 Å². The molecule has 6 aromatic rings. The maximum Gasteiger partial charge on any atom is 0.248 e. The lowest BCUT2D eigenvalue weighted by Gasteiger charge is -2.32. The van der Waals surface area contributed by atoms with Crippen LogP contribution in [0.25, 0.3) is 10.9 Å². The second kappa shape index (κ2) is 16.0. The van der Waals surface area contributed by atoms with E-state index in [2.05, 4.69) is 44.5 Å². The van der Waals surface area contributed by atoms with Crippen LogP contribution in [0.3, 0.4) is 0 Å². The molecule has 1 aliphatic heterocycles. The number of phenols is 1. The summed E-state index contributed by atoms with van der Waals surface area (Å²) in [6.07, 6.45) is 5.02. The Morgan fingerprint density at radius 2 is 1.50 bits per heavy atom. The number of nitrogens with zero attached hydrogens (tertiary/aromatic N) is 4. The molecular formula is C42H46N6O4. The van der Waals surface area contributed by atoms with E-state index in [1.807, 2.05) is 65.3 Å². The van der Waals surface area contributed by atoms with Crippen LogP contribution in [0.15, 0.2) is 120 Å². The summed E-state index contributed by atoms with van der Waals surface area (Å²) < 4.78 is 1.90. The van der Waals surface area contributed by atoms with Crippen molar-refractivity contribution in [3.05, 3.63) is 160 Å². The minimum atomic E-state index is -1.42. The monoisotopic (exact) mass is 698 g/mol. The molecule has 0 radical (unpaired) electrons. The SMILES string of the molecule is O=c1ccc2c(C(O)CNCCc3ccc(CCN4CCC(Cn5cnc(C(O)(c6ccccc6)c6ccccc6)n5)CC4)cc3)ccc(O)c2[nH]1. The van der Waals surface area contributed by atoms with Crippen LogP contribution >= 0.6 is 0 Å². The van der Waals surface area contributed by atoms with E-state index in [1.54, 1.807) is 18.5 Å². The third-order valence-corrected chi connectivity index (χ3v) is 10.3. The molecule has 5 N–H and O–H groups in total. The highest BCUT2D eigenvalue weighted by molar-refractivity contribution is 5.87. The van der Waals surface area contributed by atoms with E-state index in [1.165, 1.54) is 23.3 Å². The number of aromatic amines is 1. The van der Waals surface area contributed by atoms with Crippen molar-refractivity contribution < 1.29 is 15.3 Å². The molecule has 2 aromatic heterocycles. The number of pyridine rings is 1. The number of H-pyrrole nitrogens is 1. The summed E-state index contributed by atoms with van der Waals surface area (Å²) in [7, 11) is 0. The molecule has 4 aromatic carbocycles. The Bertz CT molecular complexity index is 2070. The van der Waals surface area contributed by atoms with Gasteiger partial charge in [0.15, 0.2) is 11.4 Å². The second-order valence-corrected chi connectivity index (χ2v) is 13.8. The Kier molecular flexibility index (Phi) is 10.9. The van der Waals surface area contributed by atoms with E-state index in [0.29, 0.717) is 34.8 Å². The van der Waals surface area contributed by atoms with Crippen molar-refractivity contribution in [1.29, 1.82) is 0 Å². The number of likely N-dealkylation sites (tertiary alicyclic amines) is 1. The minimum Gasteiger partial charge on any atom is -0.506 e.